The second-order valence-corrected chi connectivity index (χ2v) is 5.89. The Balaban J connectivity index is 2.05. The zero-order chi connectivity index (χ0) is 17.0. The van der Waals surface area contributed by atoms with Crippen LogP contribution in [0, 0.1) is 13.8 Å². The first-order valence-corrected chi connectivity index (χ1v) is 7.69. The molecule has 0 aliphatic heterocycles. The molecule has 0 aliphatic carbocycles. The van der Waals surface area contributed by atoms with Gasteiger partial charge >= 0.3 is 0 Å². The molecule has 0 unspecified atom stereocenters. The van der Waals surface area contributed by atoms with Crippen LogP contribution in [0.1, 0.15) is 11.1 Å². The van der Waals surface area contributed by atoms with Gasteiger partial charge < -0.3 is 14.8 Å². The molecule has 0 saturated heterocycles. The summed E-state index contributed by atoms with van der Waals surface area (Å²) in [5.74, 6) is 0.645. The van der Waals surface area contributed by atoms with E-state index in [2.05, 4.69) is 5.32 Å². The lowest BCUT2D eigenvalue weighted by molar-refractivity contribution is -0.118. The van der Waals surface area contributed by atoms with E-state index in [-0.39, 0.29) is 12.5 Å². The molecular formula is C17H17Cl2NO3. The fourth-order valence-electron chi connectivity index (χ4n) is 1.98. The molecule has 1 N–H and O–H groups in total. The Bertz CT molecular complexity index is 732. The average Bonchev–Trinajstić information content (AvgIpc) is 2.51. The van der Waals surface area contributed by atoms with Crippen LogP contribution in [0.3, 0.4) is 0 Å². The summed E-state index contributed by atoms with van der Waals surface area (Å²) in [5, 5.41) is 3.78. The van der Waals surface area contributed by atoms with Crippen LogP contribution in [0.5, 0.6) is 11.5 Å². The predicted molar refractivity (Wildman–Crippen MR) is 93.1 cm³/mol. The number of ether oxygens (including phenoxy) is 2. The largest absolute Gasteiger partial charge is 0.495 e. The van der Waals surface area contributed by atoms with Crippen molar-refractivity contribution in [2.45, 2.75) is 13.8 Å². The molecule has 0 atom stereocenters. The minimum atomic E-state index is -0.317. The van der Waals surface area contributed by atoms with Gasteiger partial charge in [-0.1, -0.05) is 29.3 Å². The standard InChI is InChI=1S/C17H17Cl2NO3/c1-10-4-5-12(18)15(6-10)23-9-17(21)20-14-7-11(2)13(19)8-16(14)22-3/h4-8H,9H2,1-3H3,(H,20,21). The fourth-order valence-corrected chi connectivity index (χ4v) is 2.31. The molecule has 2 rings (SSSR count). The third-order valence-corrected chi connectivity index (χ3v) is 3.92. The van der Waals surface area contributed by atoms with E-state index in [0.717, 1.165) is 11.1 Å². The molecule has 2 aromatic rings. The maximum Gasteiger partial charge on any atom is 0.262 e. The third-order valence-electron chi connectivity index (χ3n) is 3.20. The lowest BCUT2D eigenvalue weighted by Gasteiger charge is -2.13. The number of hydrogen-bond donors (Lipinski definition) is 1. The van der Waals surface area contributed by atoms with Crippen molar-refractivity contribution < 1.29 is 14.3 Å². The summed E-state index contributed by atoms with van der Waals surface area (Å²) in [7, 11) is 1.51. The summed E-state index contributed by atoms with van der Waals surface area (Å²) >= 11 is 12.1. The van der Waals surface area contributed by atoms with E-state index in [1.165, 1.54) is 7.11 Å². The topological polar surface area (TPSA) is 47.6 Å². The van der Waals surface area contributed by atoms with Gasteiger partial charge in [0.25, 0.3) is 5.91 Å². The highest BCUT2D eigenvalue weighted by atomic mass is 35.5. The molecule has 0 fully saturated rings. The monoisotopic (exact) mass is 353 g/mol. The minimum absolute atomic E-state index is 0.159. The summed E-state index contributed by atoms with van der Waals surface area (Å²) in [5.41, 5.74) is 2.38. The minimum Gasteiger partial charge on any atom is -0.495 e. The number of amides is 1. The van der Waals surface area contributed by atoms with Crippen LogP contribution in [-0.4, -0.2) is 19.6 Å². The highest BCUT2D eigenvalue weighted by Crippen LogP contribution is 2.31. The number of methoxy groups -OCH3 is 1. The molecule has 1 amide bonds. The number of anilines is 1. The Morgan fingerprint density at radius 1 is 1.09 bits per heavy atom. The number of carbonyl (C=O) groups is 1. The molecule has 0 bridgehead atoms. The number of halogens is 2. The van der Waals surface area contributed by atoms with Gasteiger partial charge in [0.2, 0.25) is 0 Å². The quantitative estimate of drug-likeness (QED) is 0.851. The van der Waals surface area contributed by atoms with Crippen LogP contribution in [0.2, 0.25) is 10.0 Å². The van der Waals surface area contributed by atoms with Crippen molar-refractivity contribution in [1.29, 1.82) is 0 Å². The summed E-state index contributed by atoms with van der Waals surface area (Å²) in [4.78, 5) is 12.1. The Morgan fingerprint density at radius 2 is 1.83 bits per heavy atom. The van der Waals surface area contributed by atoms with Crippen LogP contribution in [0.15, 0.2) is 30.3 Å². The van der Waals surface area contributed by atoms with Gasteiger partial charge in [-0.05, 0) is 43.2 Å². The van der Waals surface area contributed by atoms with Gasteiger partial charge in [0.05, 0.1) is 17.8 Å². The number of nitrogens with one attached hydrogen (secondary N) is 1. The Labute approximate surface area is 145 Å². The van der Waals surface area contributed by atoms with E-state index >= 15 is 0 Å². The maximum atomic E-state index is 12.1. The molecule has 0 spiro atoms. The van der Waals surface area contributed by atoms with Gasteiger partial charge in [-0.25, -0.2) is 0 Å². The lowest BCUT2D eigenvalue weighted by atomic mass is 10.2. The summed E-state index contributed by atoms with van der Waals surface area (Å²) in [6.07, 6.45) is 0. The molecule has 0 saturated carbocycles. The first-order chi connectivity index (χ1) is 10.9. The van der Waals surface area contributed by atoms with Gasteiger partial charge in [0, 0.05) is 11.1 Å². The number of rotatable bonds is 5. The second-order valence-electron chi connectivity index (χ2n) is 5.07. The van der Waals surface area contributed by atoms with E-state index in [1.54, 1.807) is 24.3 Å². The molecule has 0 aliphatic rings. The van der Waals surface area contributed by atoms with Crippen molar-refractivity contribution >= 4 is 34.8 Å². The van der Waals surface area contributed by atoms with Crippen LogP contribution in [-0.2, 0) is 4.79 Å². The maximum absolute atomic E-state index is 12.1. The highest BCUT2D eigenvalue weighted by molar-refractivity contribution is 6.32. The van der Waals surface area contributed by atoms with Crippen molar-refractivity contribution in [1.82, 2.24) is 0 Å². The molecule has 2 aromatic carbocycles. The van der Waals surface area contributed by atoms with E-state index in [0.29, 0.717) is 27.2 Å². The molecule has 0 heterocycles. The predicted octanol–water partition coefficient (Wildman–Crippen LogP) is 4.64. The normalized spacial score (nSPS) is 10.3. The summed E-state index contributed by atoms with van der Waals surface area (Å²) < 4.78 is 10.7. The van der Waals surface area contributed by atoms with Crippen molar-refractivity contribution in [3.05, 3.63) is 51.5 Å². The first kappa shape index (κ1) is 17.4. The molecule has 0 aromatic heterocycles. The molecule has 4 nitrogen and oxygen atoms in total. The average molecular weight is 354 g/mol. The highest BCUT2D eigenvalue weighted by Gasteiger charge is 2.12. The number of benzene rings is 2. The van der Waals surface area contributed by atoms with Gasteiger partial charge in [-0.3, -0.25) is 4.79 Å². The second kappa shape index (κ2) is 7.57. The first-order valence-electron chi connectivity index (χ1n) is 6.93. The van der Waals surface area contributed by atoms with Crippen molar-refractivity contribution in [2.24, 2.45) is 0 Å². The number of carbonyl (C=O) groups excluding carboxylic acids is 1. The molecular weight excluding hydrogens is 337 g/mol. The van der Waals surface area contributed by atoms with E-state index in [1.807, 2.05) is 19.9 Å². The Hall–Kier alpha value is -1.91. The SMILES string of the molecule is COc1cc(Cl)c(C)cc1NC(=O)COc1cc(C)ccc1Cl. The van der Waals surface area contributed by atoms with Crippen LogP contribution >= 0.6 is 23.2 Å². The van der Waals surface area contributed by atoms with Crippen molar-refractivity contribution in [3.8, 4) is 11.5 Å². The number of aryl methyl sites for hydroxylation is 2. The van der Waals surface area contributed by atoms with Gasteiger partial charge in [0.15, 0.2) is 6.61 Å². The van der Waals surface area contributed by atoms with Crippen molar-refractivity contribution in [2.75, 3.05) is 19.0 Å². The molecule has 23 heavy (non-hydrogen) atoms. The van der Waals surface area contributed by atoms with Gasteiger partial charge in [-0.15, -0.1) is 0 Å². The summed E-state index contributed by atoms with van der Waals surface area (Å²) in [6, 6.07) is 8.79. The van der Waals surface area contributed by atoms with E-state index in [9.17, 15) is 4.79 Å². The lowest BCUT2D eigenvalue weighted by Crippen LogP contribution is -2.20. The zero-order valence-electron chi connectivity index (χ0n) is 13.1. The van der Waals surface area contributed by atoms with Crippen molar-refractivity contribution in [3.63, 3.8) is 0 Å². The molecule has 122 valence electrons. The van der Waals surface area contributed by atoms with Crippen LogP contribution in [0.4, 0.5) is 5.69 Å². The molecule has 6 heteroatoms. The zero-order valence-corrected chi connectivity index (χ0v) is 14.6. The smallest absolute Gasteiger partial charge is 0.262 e. The van der Waals surface area contributed by atoms with Crippen LogP contribution in [0.25, 0.3) is 0 Å². The van der Waals surface area contributed by atoms with E-state index < -0.39 is 0 Å². The van der Waals surface area contributed by atoms with E-state index in [4.69, 9.17) is 32.7 Å². The van der Waals surface area contributed by atoms with Gasteiger partial charge in [0.1, 0.15) is 11.5 Å². The Morgan fingerprint density at radius 3 is 2.52 bits per heavy atom. The number of hydrogen-bond acceptors (Lipinski definition) is 3. The third kappa shape index (κ3) is 4.53. The van der Waals surface area contributed by atoms with Gasteiger partial charge in [-0.2, -0.15) is 0 Å². The fraction of sp³-hybridized carbons (Fsp3) is 0.235. The van der Waals surface area contributed by atoms with Crippen LogP contribution < -0.4 is 14.8 Å². The molecule has 0 radical (unpaired) electrons. The Kier molecular flexibility index (Phi) is 5.74. The summed E-state index contributed by atoms with van der Waals surface area (Å²) in [6.45, 7) is 3.61.